The number of hydrogen-bond donors (Lipinski definition) is 2. The van der Waals surface area contributed by atoms with E-state index in [1.54, 1.807) is 24.0 Å². The molecule has 5 rings (SSSR count). The summed E-state index contributed by atoms with van der Waals surface area (Å²) in [5.41, 5.74) is 1.59. The third-order valence-corrected chi connectivity index (χ3v) is 6.58. The number of nitrogens with one attached hydrogen (secondary N) is 1. The van der Waals surface area contributed by atoms with Crippen molar-refractivity contribution in [1.29, 1.82) is 0 Å². The third kappa shape index (κ3) is 5.13. The normalized spacial score (nSPS) is 13.8. The van der Waals surface area contributed by atoms with Crippen LogP contribution in [0.1, 0.15) is 65.2 Å². The number of amides is 2. The smallest absolute Gasteiger partial charge is 0.410 e. The number of carbonyl (C=O) groups is 3. The SMILES string of the molecule is CC(=O)c1cc(C(=O)Nc2cc(C(C)O)cc(-c3cnn(C4CC4)c3)c2F)c2cc(OC(=O)N(C)C)ccn12. The summed E-state index contributed by atoms with van der Waals surface area (Å²) < 4.78 is 24.4. The molecule has 10 nitrogen and oxygen atoms in total. The molecular weight excluding hydrogens is 505 g/mol. The van der Waals surface area contributed by atoms with Gasteiger partial charge in [0.1, 0.15) is 5.75 Å². The van der Waals surface area contributed by atoms with Crippen LogP contribution in [0.5, 0.6) is 5.75 Å². The number of fused-ring (bicyclic) bond motifs is 1. The Hall–Kier alpha value is -4.51. The molecule has 0 saturated heterocycles. The van der Waals surface area contributed by atoms with Crippen molar-refractivity contribution in [2.24, 2.45) is 0 Å². The highest BCUT2D eigenvalue weighted by molar-refractivity contribution is 6.11. The van der Waals surface area contributed by atoms with Gasteiger partial charge in [-0.1, -0.05) is 0 Å². The summed E-state index contributed by atoms with van der Waals surface area (Å²) in [4.78, 5) is 39.1. The van der Waals surface area contributed by atoms with E-state index in [1.165, 1.54) is 66.8 Å². The summed E-state index contributed by atoms with van der Waals surface area (Å²) in [5, 5.41) is 17.2. The van der Waals surface area contributed by atoms with E-state index in [0.717, 1.165) is 12.8 Å². The van der Waals surface area contributed by atoms with Gasteiger partial charge in [-0.25, -0.2) is 9.18 Å². The quantitative estimate of drug-likeness (QED) is 0.328. The Morgan fingerprint density at radius 2 is 1.95 bits per heavy atom. The van der Waals surface area contributed by atoms with Crippen LogP contribution in [0.4, 0.5) is 14.9 Å². The standard InChI is InChI=1S/C28H28FN5O5/c1-15(35)17-9-21(18-13-30-34(14-18)19-5-6-19)26(29)23(10-17)31-27(37)22-12-24(16(2)36)33-8-7-20(11-25(22)33)39-28(38)32(3)4/h7-15,19,35H,5-6H2,1-4H3,(H,31,37). The molecule has 0 radical (unpaired) electrons. The van der Waals surface area contributed by atoms with Gasteiger partial charge >= 0.3 is 6.09 Å². The highest BCUT2D eigenvalue weighted by atomic mass is 19.1. The molecule has 1 unspecified atom stereocenters. The van der Waals surface area contributed by atoms with Crippen molar-refractivity contribution in [3.8, 4) is 16.9 Å². The lowest BCUT2D eigenvalue weighted by atomic mass is 10.0. The summed E-state index contributed by atoms with van der Waals surface area (Å²) in [5.74, 6) is -1.49. The molecule has 1 atom stereocenters. The number of hydrogen-bond acceptors (Lipinski definition) is 6. The first-order valence-electron chi connectivity index (χ1n) is 12.5. The van der Waals surface area contributed by atoms with Crippen LogP contribution in [-0.4, -0.2) is 56.1 Å². The van der Waals surface area contributed by atoms with E-state index in [1.807, 2.05) is 0 Å². The second-order valence-corrected chi connectivity index (χ2v) is 9.88. The highest BCUT2D eigenvalue weighted by Crippen LogP contribution is 2.37. The van der Waals surface area contributed by atoms with Crippen LogP contribution in [0.3, 0.4) is 0 Å². The molecule has 1 fully saturated rings. The first-order chi connectivity index (χ1) is 18.5. The minimum atomic E-state index is -0.924. The second-order valence-electron chi connectivity index (χ2n) is 9.88. The fourth-order valence-corrected chi connectivity index (χ4v) is 4.28. The molecule has 202 valence electrons. The molecule has 0 bridgehead atoms. The second kappa shape index (κ2) is 9.99. The van der Waals surface area contributed by atoms with E-state index >= 15 is 4.39 Å². The molecule has 39 heavy (non-hydrogen) atoms. The van der Waals surface area contributed by atoms with Crippen LogP contribution in [0.15, 0.2) is 48.9 Å². The van der Waals surface area contributed by atoms with E-state index in [-0.39, 0.29) is 34.0 Å². The Morgan fingerprint density at radius 3 is 2.59 bits per heavy atom. The van der Waals surface area contributed by atoms with Gasteiger partial charge in [-0.2, -0.15) is 5.10 Å². The van der Waals surface area contributed by atoms with Crippen LogP contribution >= 0.6 is 0 Å². The molecular formula is C28H28FN5O5. The zero-order valence-corrected chi connectivity index (χ0v) is 21.9. The van der Waals surface area contributed by atoms with Crippen molar-refractivity contribution in [3.63, 3.8) is 0 Å². The Kier molecular flexibility index (Phi) is 6.69. The third-order valence-electron chi connectivity index (χ3n) is 6.58. The van der Waals surface area contributed by atoms with Crippen molar-refractivity contribution >= 4 is 29.0 Å². The number of halogens is 1. The molecule has 2 N–H and O–H groups in total. The number of aromatic nitrogens is 3. The van der Waals surface area contributed by atoms with Gasteiger partial charge in [0.05, 0.1) is 40.8 Å². The molecule has 4 aromatic rings. The molecule has 1 aliphatic rings. The van der Waals surface area contributed by atoms with Crippen molar-refractivity contribution in [2.45, 2.75) is 38.8 Å². The molecule has 1 aromatic carbocycles. The van der Waals surface area contributed by atoms with Crippen molar-refractivity contribution in [3.05, 3.63) is 71.6 Å². The number of Topliss-reactive ketones (excluding diaryl/α,β-unsaturated/α-hetero) is 1. The monoisotopic (exact) mass is 533 g/mol. The maximum Gasteiger partial charge on any atom is 0.414 e. The molecule has 3 aromatic heterocycles. The van der Waals surface area contributed by atoms with Gasteiger partial charge in [0.2, 0.25) is 0 Å². The lowest BCUT2D eigenvalue weighted by Crippen LogP contribution is -2.25. The summed E-state index contributed by atoms with van der Waals surface area (Å²) in [7, 11) is 3.07. The Bertz CT molecular complexity index is 1620. The van der Waals surface area contributed by atoms with Crippen LogP contribution in [0.25, 0.3) is 16.6 Å². The maximum absolute atomic E-state index is 15.8. The summed E-state index contributed by atoms with van der Waals surface area (Å²) >= 11 is 0. The van der Waals surface area contributed by atoms with E-state index in [4.69, 9.17) is 4.74 Å². The first kappa shape index (κ1) is 26.1. The van der Waals surface area contributed by atoms with Crippen LogP contribution in [-0.2, 0) is 0 Å². The molecule has 1 saturated carbocycles. The average molecular weight is 534 g/mol. The number of carbonyl (C=O) groups excluding carboxylic acids is 3. The van der Waals surface area contributed by atoms with Crippen molar-refractivity contribution in [2.75, 3.05) is 19.4 Å². The summed E-state index contributed by atoms with van der Waals surface area (Å²) in [6.45, 7) is 2.91. The minimum absolute atomic E-state index is 0.0768. The fourth-order valence-electron chi connectivity index (χ4n) is 4.28. The van der Waals surface area contributed by atoms with E-state index in [9.17, 15) is 19.5 Å². The number of ether oxygens (including phenoxy) is 1. The van der Waals surface area contributed by atoms with Gasteiger partial charge in [0.25, 0.3) is 5.91 Å². The number of rotatable bonds is 7. The van der Waals surface area contributed by atoms with Crippen LogP contribution in [0, 0.1) is 5.82 Å². The first-order valence-corrected chi connectivity index (χ1v) is 12.5. The number of anilines is 1. The van der Waals surface area contributed by atoms with Gasteiger partial charge < -0.3 is 24.5 Å². The number of ketones is 1. The molecule has 0 aliphatic heterocycles. The maximum atomic E-state index is 15.8. The summed E-state index contributed by atoms with van der Waals surface area (Å²) in [6.07, 6.45) is 5.33. The van der Waals surface area contributed by atoms with Gasteiger partial charge in [-0.05, 0) is 49.6 Å². The lowest BCUT2D eigenvalue weighted by Gasteiger charge is -2.14. The summed E-state index contributed by atoms with van der Waals surface area (Å²) in [6, 6.07) is 7.59. The Balaban J connectivity index is 1.54. The zero-order valence-electron chi connectivity index (χ0n) is 21.9. The molecule has 2 amide bonds. The Morgan fingerprint density at radius 1 is 1.21 bits per heavy atom. The molecule has 1 aliphatic carbocycles. The predicted octanol–water partition coefficient (Wildman–Crippen LogP) is 4.85. The lowest BCUT2D eigenvalue weighted by molar-refractivity contribution is 0.101. The van der Waals surface area contributed by atoms with Gasteiger partial charge in [-0.3, -0.25) is 14.3 Å². The number of aliphatic hydroxyl groups excluding tert-OH is 1. The number of aliphatic hydroxyl groups is 1. The zero-order chi connectivity index (χ0) is 28.0. The van der Waals surface area contributed by atoms with E-state index in [2.05, 4.69) is 10.4 Å². The largest absolute Gasteiger partial charge is 0.414 e. The number of benzene rings is 1. The molecule has 11 heteroatoms. The fraction of sp³-hybridized carbons (Fsp3) is 0.286. The topological polar surface area (TPSA) is 118 Å². The molecule has 3 heterocycles. The Labute approximate surface area is 223 Å². The van der Waals surface area contributed by atoms with E-state index < -0.39 is 23.9 Å². The van der Waals surface area contributed by atoms with Crippen molar-refractivity contribution in [1.82, 2.24) is 19.1 Å². The highest BCUT2D eigenvalue weighted by Gasteiger charge is 2.26. The minimum Gasteiger partial charge on any atom is -0.410 e. The van der Waals surface area contributed by atoms with Crippen LogP contribution in [0.2, 0.25) is 0 Å². The number of pyridine rings is 1. The average Bonchev–Trinajstić information content (AvgIpc) is 3.49. The number of nitrogens with zero attached hydrogens (tertiary/aromatic N) is 4. The van der Waals surface area contributed by atoms with Gasteiger partial charge in [0.15, 0.2) is 11.6 Å². The van der Waals surface area contributed by atoms with Crippen molar-refractivity contribution < 1.29 is 28.6 Å². The van der Waals surface area contributed by atoms with Crippen LogP contribution < -0.4 is 10.1 Å². The van der Waals surface area contributed by atoms with Gasteiger partial charge in [0, 0.05) is 50.6 Å². The molecule has 0 spiro atoms. The van der Waals surface area contributed by atoms with E-state index in [0.29, 0.717) is 22.7 Å². The predicted molar refractivity (Wildman–Crippen MR) is 142 cm³/mol. The van der Waals surface area contributed by atoms with Gasteiger partial charge in [-0.15, -0.1) is 0 Å².